The van der Waals surface area contributed by atoms with Crippen LogP contribution in [0.2, 0.25) is 0 Å². The third kappa shape index (κ3) is 3.53. The molecule has 2 heterocycles. The fraction of sp³-hybridized carbons (Fsp3) is 0.143. The highest BCUT2D eigenvalue weighted by molar-refractivity contribution is 5.61. The van der Waals surface area contributed by atoms with Gasteiger partial charge in [0.15, 0.2) is 0 Å². The van der Waals surface area contributed by atoms with Gasteiger partial charge in [0, 0.05) is 29.6 Å². The van der Waals surface area contributed by atoms with Crippen molar-refractivity contribution in [1.82, 2.24) is 14.5 Å². The summed E-state index contributed by atoms with van der Waals surface area (Å²) in [7, 11) is 0. The van der Waals surface area contributed by atoms with Crippen LogP contribution in [0.25, 0.3) is 16.9 Å². The van der Waals surface area contributed by atoms with Gasteiger partial charge in [0.1, 0.15) is 5.75 Å². The SMILES string of the molecule is C1=CCC(COc2ccc(-n3cncc3-c3ccncc3)cc2)C=C1. The van der Waals surface area contributed by atoms with E-state index in [1.54, 1.807) is 12.4 Å². The minimum atomic E-state index is 0.455. The zero-order valence-electron chi connectivity index (χ0n) is 13.8. The molecule has 1 aliphatic rings. The Morgan fingerprint density at radius 1 is 1.00 bits per heavy atom. The molecule has 0 bridgehead atoms. The van der Waals surface area contributed by atoms with Gasteiger partial charge in [-0.25, -0.2) is 4.98 Å². The van der Waals surface area contributed by atoms with Gasteiger partial charge in [0.05, 0.1) is 24.8 Å². The van der Waals surface area contributed by atoms with Crippen molar-refractivity contribution in [3.63, 3.8) is 0 Å². The largest absolute Gasteiger partial charge is 0.493 e. The van der Waals surface area contributed by atoms with Gasteiger partial charge in [0.25, 0.3) is 0 Å². The molecule has 1 unspecified atom stereocenters. The minimum Gasteiger partial charge on any atom is -0.493 e. The summed E-state index contributed by atoms with van der Waals surface area (Å²) in [4.78, 5) is 8.37. The van der Waals surface area contributed by atoms with Crippen LogP contribution in [0.5, 0.6) is 5.75 Å². The smallest absolute Gasteiger partial charge is 0.119 e. The second-order valence-electron chi connectivity index (χ2n) is 6.00. The average molecular weight is 329 g/mol. The lowest BCUT2D eigenvalue weighted by atomic mass is 10.0. The molecular weight excluding hydrogens is 310 g/mol. The summed E-state index contributed by atoms with van der Waals surface area (Å²) >= 11 is 0. The topological polar surface area (TPSA) is 39.9 Å². The lowest BCUT2D eigenvalue weighted by Gasteiger charge is -2.15. The fourth-order valence-electron chi connectivity index (χ4n) is 2.90. The Hall–Kier alpha value is -3.14. The monoisotopic (exact) mass is 329 g/mol. The van der Waals surface area contributed by atoms with Crippen LogP contribution in [0.1, 0.15) is 6.42 Å². The quantitative estimate of drug-likeness (QED) is 0.694. The molecule has 0 fully saturated rings. The highest BCUT2D eigenvalue weighted by atomic mass is 16.5. The Labute approximate surface area is 147 Å². The summed E-state index contributed by atoms with van der Waals surface area (Å²) in [6, 6.07) is 12.1. The van der Waals surface area contributed by atoms with Crippen LogP contribution in [0.3, 0.4) is 0 Å². The van der Waals surface area contributed by atoms with Crippen molar-refractivity contribution in [1.29, 1.82) is 0 Å². The van der Waals surface area contributed by atoms with Crippen molar-refractivity contribution < 1.29 is 4.74 Å². The van der Waals surface area contributed by atoms with Gasteiger partial charge >= 0.3 is 0 Å². The number of benzene rings is 1. The summed E-state index contributed by atoms with van der Waals surface area (Å²) in [6.45, 7) is 0.702. The minimum absolute atomic E-state index is 0.455. The van der Waals surface area contributed by atoms with E-state index in [-0.39, 0.29) is 0 Å². The molecule has 4 nitrogen and oxygen atoms in total. The molecule has 0 spiro atoms. The van der Waals surface area contributed by atoms with Crippen LogP contribution >= 0.6 is 0 Å². The number of imidazole rings is 1. The molecule has 25 heavy (non-hydrogen) atoms. The van der Waals surface area contributed by atoms with E-state index in [4.69, 9.17) is 4.74 Å². The molecule has 1 atom stereocenters. The number of hydrogen-bond acceptors (Lipinski definition) is 3. The highest BCUT2D eigenvalue weighted by Gasteiger charge is 2.08. The molecule has 0 aliphatic heterocycles. The van der Waals surface area contributed by atoms with E-state index in [0.717, 1.165) is 29.1 Å². The maximum absolute atomic E-state index is 5.91. The van der Waals surface area contributed by atoms with Gasteiger partial charge in [-0.2, -0.15) is 0 Å². The maximum Gasteiger partial charge on any atom is 0.119 e. The van der Waals surface area contributed by atoms with Gasteiger partial charge in [-0.1, -0.05) is 24.3 Å². The highest BCUT2D eigenvalue weighted by Crippen LogP contribution is 2.24. The Morgan fingerprint density at radius 3 is 2.60 bits per heavy atom. The number of pyridine rings is 1. The summed E-state index contributed by atoms with van der Waals surface area (Å²) in [6.07, 6.45) is 16.8. The van der Waals surface area contributed by atoms with Crippen molar-refractivity contribution in [2.24, 2.45) is 5.92 Å². The Balaban J connectivity index is 1.49. The van der Waals surface area contributed by atoms with Crippen LogP contribution in [-0.4, -0.2) is 21.1 Å². The van der Waals surface area contributed by atoms with Crippen molar-refractivity contribution in [2.45, 2.75) is 6.42 Å². The third-order valence-corrected chi connectivity index (χ3v) is 4.26. The summed E-state index contributed by atoms with van der Waals surface area (Å²) in [5.41, 5.74) is 3.18. The molecule has 0 N–H and O–H groups in total. The van der Waals surface area contributed by atoms with E-state index in [2.05, 4.69) is 51.0 Å². The van der Waals surface area contributed by atoms with Crippen LogP contribution in [0.4, 0.5) is 0 Å². The first kappa shape index (κ1) is 15.4. The molecule has 3 aromatic rings. The lowest BCUT2D eigenvalue weighted by Crippen LogP contribution is -2.10. The number of nitrogens with zero attached hydrogens (tertiary/aromatic N) is 3. The Morgan fingerprint density at radius 2 is 1.84 bits per heavy atom. The Kier molecular flexibility index (Phi) is 4.42. The van der Waals surface area contributed by atoms with E-state index in [0.29, 0.717) is 12.5 Å². The van der Waals surface area contributed by atoms with Gasteiger partial charge in [-0.15, -0.1) is 0 Å². The number of rotatable bonds is 5. The molecule has 0 amide bonds. The zero-order chi connectivity index (χ0) is 16.9. The third-order valence-electron chi connectivity index (χ3n) is 4.26. The fourth-order valence-corrected chi connectivity index (χ4v) is 2.90. The van der Waals surface area contributed by atoms with Crippen LogP contribution in [-0.2, 0) is 0 Å². The van der Waals surface area contributed by atoms with Crippen LogP contribution in [0, 0.1) is 5.92 Å². The summed E-state index contributed by atoms with van der Waals surface area (Å²) in [5.74, 6) is 1.34. The zero-order valence-corrected chi connectivity index (χ0v) is 13.8. The molecule has 4 rings (SSSR count). The van der Waals surface area contributed by atoms with Gasteiger partial charge in [-0.3, -0.25) is 9.55 Å². The first-order chi connectivity index (χ1) is 12.4. The molecule has 0 radical (unpaired) electrons. The van der Waals surface area contributed by atoms with Gasteiger partial charge < -0.3 is 4.74 Å². The second-order valence-corrected chi connectivity index (χ2v) is 6.00. The normalized spacial score (nSPS) is 16.1. The molecule has 124 valence electrons. The average Bonchev–Trinajstić information content (AvgIpc) is 3.18. The van der Waals surface area contributed by atoms with Crippen molar-refractivity contribution in [2.75, 3.05) is 6.61 Å². The molecule has 4 heteroatoms. The van der Waals surface area contributed by atoms with E-state index in [1.807, 2.05) is 36.8 Å². The van der Waals surface area contributed by atoms with E-state index in [9.17, 15) is 0 Å². The molecule has 0 saturated heterocycles. The van der Waals surface area contributed by atoms with E-state index in [1.165, 1.54) is 0 Å². The molecular formula is C21H19N3O. The molecule has 2 aromatic heterocycles. The summed E-state index contributed by atoms with van der Waals surface area (Å²) < 4.78 is 7.98. The standard InChI is InChI=1S/C21H19N3O/c1-2-4-17(5-3-1)15-25-20-8-6-19(7-9-20)24-16-23-14-21(24)18-10-12-22-13-11-18/h1-4,6-14,16-17H,5,15H2. The van der Waals surface area contributed by atoms with Gasteiger partial charge in [-0.05, 0) is 42.8 Å². The number of aromatic nitrogens is 3. The summed E-state index contributed by atoms with van der Waals surface area (Å²) in [5, 5.41) is 0. The Bertz CT molecular complexity index is 879. The van der Waals surface area contributed by atoms with Crippen LogP contribution in [0.15, 0.2) is 85.6 Å². The van der Waals surface area contributed by atoms with Crippen LogP contribution < -0.4 is 4.74 Å². The second kappa shape index (κ2) is 7.18. The number of allylic oxidation sites excluding steroid dienone is 3. The predicted octanol–water partition coefficient (Wildman–Crippen LogP) is 4.45. The first-order valence-corrected chi connectivity index (χ1v) is 8.39. The lowest BCUT2D eigenvalue weighted by molar-refractivity contribution is 0.276. The van der Waals surface area contributed by atoms with E-state index < -0.39 is 0 Å². The van der Waals surface area contributed by atoms with Crippen molar-refractivity contribution in [3.05, 3.63) is 85.6 Å². The predicted molar refractivity (Wildman–Crippen MR) is 98.7 cm³/mol. The van der Waals surface area contributed by atoms with Crippen molar-refractivity contribution >= 4 is 0 Å². The molecule has 1 aliphatic carbocycles. The molecule has 0 saturated carbocycles. The number of hydrogen-bond donors (Lipinski definition) is 0. The van der Waals surface area contributed by atoms with Crippen molar-refractivity contribution in [3.8, 4) is 22.7 Å². The van der Waals surface area contributed by atoms with E-state index >= 15 is 0 Å². The maximum atomic E-state index is 5.91. The van der Waals surface area contributed by atoms with Gasteiger partial charge in [0.2, 0.25) is 0 Å². The molecule has 1 aromatic carbocycles. The first-order valence-electron chi connectivity index (χ1n) is 8.39. The number of ether oxygens (including phenoxy) is 1.